The van der Waals surface area contributed by atoms with Gasteiger partial charge in [-0.25, -0.2) is 8.98 Å². The number of carbonyl (C=O) groups is 1. The Balaban J connectivity index is 0. The molecule has 8 heteroatoms. The zero-order valence-electron chi connectivity index (χ0n) is 13.2. The predicted octanol–water partition coefficient (Wildman–Crippen LogP) is 1.84. The Morgan fingerprint density at radius 1 is 1.43 bits per heavy atom. The highest BCUT2D eigenvalue weighted by atomic mass is 32.3. The molecule has 0 bridgehead atoms. The molecule has 1 unspecified atom stereocenters. The van der Waals surface area contributed by atoms with E-state index in [-0.39, 0.29) is 24.2 Å². The summed E-state index contributed by atoms with van der Waals surface area (Å²) in [6.07, 6.45) is 3.60. The van der Waals surface area contributed by atoms with Crippen LogP contribution < -0.4 is 5.73 Å². The minimum Gasteiger partial charge on any atom is -0.459 e. The van der Waals surface area contributed by atoms with Gasteiger partial charge in [-0.05, 0) is 27.2 Å². The number of hydrogen-bond donors (Lipinski definition) is 2. The molecule has 0 aromatic carbocycles. The maximum absolute atomic E-state index is 11.0. The molecule has 0 fully saturated rings. The number of rotatable bonds is 8. The molecule has 126 valence electrons. The van der Waals surface area contributed by atoms with Gasteiger partial charge in [-0.2, -0.15) is 8.42 Å². The third kappa shape index (κ3) is 19.0. The summed E-state index contributed by atoms with van der Waals surface area (Å²) in [7, 11) is -4.17. The van der Waals surface area contributed by atoms with Crippen LogP contribution >= 0.6 is 0 Å². The molecule has 0 amide bonds. The average Bonchev–Trinajstić information content (AvgIpc) is 2.26. The topological polar surface area (TPSA) is 116 Å². The van der Waals surface area contributed by atoms with E-state index in [2.05, 4.69) is 17.7 Å². The predicted molar refractivity (Wildman–Crippen MR) is 81.0 cm³/mol. The van der Waals surface area contributed by atoms with E-state index in [9.17, 15) is 13.2 Å². The second-order valence-electron chi connectivity index (χ2n) is 5.08. The number of nitrogens with two attached hydrogens (primary N) is 1. The van der Waals surface area contributed by atoms with Gasteiger partial charge < -0.3 is 10.5 Å². The lowest BCUT2D eigenvalue weighted by molar-refractivity contribution is -0.144. The molecular weight excluding hydrogens is 298 g/mol. The largest absolute Gasteiger partial charge is 0.459 e. The number of ether oxygens (including phenoxy) is 1. The summed E-state index contributed by atoms with van der Waals surface area (Å²) in [4.78, 5) is 11.0. The summed E-state index contributed by atoms with van der Waals surface area (Å²) in [6, 6.07) is 0. The van der Waals surface area contributed by atoms with Gasteiger partial charge in [0.05, 0.1) is 6.61 Å². The summed E-state index contributed by atoms with van der Waals surface area (Å²) in [5, 5.41) is 0. The molecule has 1 atom stereocenters. The summed E-state index contributed by atoms with van der Waals surface area (Å²) >= 11 is 0. The minimum atomic E-state index is -4.17. The quantitative estimate of drug-likeness (QED) is 0.397. The minimum absolute atomic E-state index is 0.0289. The number of carbonyl (C=O) groups excluding carboxylic acids is 1. The maximum atomic E-state index is 11.0. The van der Waals surface area contributed by atoms with Gasteiger partial charge in [-0.3, -0.25) is 4.55 Å². The first kappa shape index (κ1) is 22.3. The first-order valence-electron chi connectivity index (χ1n) is 6.69. The third-order valence-corrected chi connectivity index (χ3v) is 2.61. The Morgan fingerprint density at radius 3 is 2.19 bits per heavy atom. The monoisotopic (exact) mass is 325 g/mol. The highest BCUT2D eigenvalue weighted by Crippen LogP contribution is 2.15. The Bertz CT molecular complexity index is 399. The Morgan fingerprint density at radius 2 is 1.95 bits per heavy atom. The molecule has 0 heterocycles. The van der Waals surface area contributed by atoms with Gasteiger partial charge in [0.2, 0.25) is 0 Å². The van der Waals surface area contributed by atoms with E-state index in [0.29, 0.717) is 6.42 Å². The second-order valence-corrected chi connectivity index (χ2v) is 6.17. The molecule has 21 heavy (non-hydrogen) atoms. The fourth-order valence-corrected chi connectivity index (χ4v) is 1.77. The van der Waals surface area contributed by atoms with E-state index in [1.807, 2.05) is 13.8 Å². The molecule has 0 radical (unpaired) electrons. The van der Waals surface area contributed by atoms with Crippen LogP contribution in [-0.4, -0.2) is 37.2 Å². The Hall–Kier alpha value is -0.960. The zero-order valence-corrected chi connectivity index (χ0v) is 14.0. The van der Waals surface area contributed by atoms with Gasteiger partial charge in [0.25, 0.3) is 0 Å². The molecule has 7 nitrogen and oxygen atoms in total. The van der Waals surface area contributed by atoms with Gasteiger partial charge in [-0.1, -0.05) is 19.9 Å². The van der Waals surface area contributed by atoms with Crippen molar-refractivity contribution in [1.82, 2.24) is 0 Å². The van der Waals surface area contributed by atoms with Crippen molar-refractivity contribution in [3.05, 3.63) is 12.7 Å². The molecule has 0 aliphatic rings. The lowest BCUT2D eigenvalue weighted by atomic mass is 9.96. The second kappa shape index (κ2) is 10.7. The summed E-state index contributed by atoms with van der Waals surface area (Å²) < 4.78 is 35.8. The molecule has 0 saturated heterocycles. The van der Waals surface area contributed by atoms with Crippen LogP contribution in [0.15, 0.2) is 12.7 Å². The Labute approximate surface area is 127 Å². The molecule has 0 saturated carbocycles. The van der Waals surface area contributed by atoms with E-state index in [4.69, 9.17) is 15.0 Å². The molecule has 0 spiro atoms. The van der Waals surface area contributed by atoms with Gasteiger partial charge >= 0.3 is 16.4 Å². The lowest BCUT2D eigenvalue weighted by Gasteiger charge is -2.25. The van der Waals surface area contributed by atoms with Gasteiger partial charge in [0.1, 0.15) is 6.10 Å². The fraction of sp³-hybridized carbons (Fsp3) is 0.769. The van der Waals surface area contributed by atoms with E-state index in [1.54, 1.807) is 0 Å². The van der Waals surface area contributed by atoms with Gasteiger partial charge in [-0.15, -0.1) is 0 Å². The highest BCUT2D eigenvalue weighted by Gasteiger charge is 2.20. The smallest absolute Gasteiger partial charge is 0.397 e. The van der Waals surface area contributed by atoms with Crippen LogP contribution in [0.1, 0.15) is 47.0 Å². The van der Waals surface area contributed by atoms with Crippen molar-refractivity contribution < 1.29 is 26.7 Å². The normalized spacial score (nSPS) is 12.9. The third-order valence-electron chi connectivity index (χ3n) is 2.08. The molecule has 3 N–H and O–H groups in total. The van der Waals surface area contributed by atoms with Crippen LogP contribution in [0.2, 0.25) is 0 Å². The van der Waals surface area contributed by atoms with Crippen molar-refractivity contribution in [3.63, 3.8) is 0 Å². The van der Waals surface area contributed by atoms with Crippen LogP contribution in [0.25, 0.3) is 0 Å². The molecule has 0 aliphatic carbocycles. The van der Waals surface area contributed by atoms with Crippen LogP contribution in [0.4, 0.5) is 0 Å². The molecule has 0 rings (SSSR count). The lowest BCUT2D eigenvalue weighted by Crippen LogP contribution is -2.37. The molecule has 0 aliphatic heterocycles. The zero-order chi connectivity index (χ0) is 17.1. The van der Waals surface area contributed by atoms with Gasteiger partial charge in [0, 0.05) is 18.0 Å². The van der Waals surface area contributed by atoms with Gasteiger partial charge in [0.15, 0.2) is 0 Å². The van der Waals surface area contributed by atoms with Crippen molar-refractivity contribution >= 4 is 16.4 Å². The Kier molecular flexibility index (Phi) is 11.4. The van der Waals surface area contributed by atoms with Crippen LogP contribution in [0.5, 0.6) is 0 Å². The van der Waals surface area contributed by atoms with E-state index in [0.717, 1.165) is 12.8 Å². The first-order chi connectivity index (χ1) is 9.45. The van der Waals surface area contributed by atoms with E-state index < -0.39 is 10.4 Å². The van der Waals surface area contributed by atoms with Crippen LogP contribution in [-0.2, 0) is 24.1 Å². The molecular formula is C13H27NO6S. The fourth-order valence-electron chi connectivity index (χ4n) is 1.47. The first-order valence-corrected chi connectivity index (χ1v) is 8.05. The average molecular weight is 325 g/mol. The van der Waals surface area contributed by atoms with E-state index in [1.165, 1.54) is 13.0 Å². The highest BCUT2D eigenvalue weighted by molar-refractivity contribution is 7.80. The molecule has 0 aromatic rings. The van der Waals surface area contributed by atoms with Crippen molar-refractivity contribution in [2.24, 2.45) is 5.73 Å². The SMILES string of the molecule is C=CC(=O)OC(CCC)CC(C)(C)N.CCOS(=O)(=O)O. The van der Waals surface area contributed by atoms with Crippen molar-refractivity contribution in [3.8, 4) is 0 Å². The number of hydrogen-bond acceptors (Lipinski definition) is 6. The number of esters is 1. The van der Waals surface area contributed by atoms with Crippen LogP contribution in [0, 0.1) is 0 Å². The van der Waals surface area contributed by atoms with Crippen LogP contribution in [0.3, 0.4) is 0 Å². The summed E-state index contributed by atoms with van der Waals surface area (Å²) in [5.41, 5.74) is 5.56. The van der Waals surface area contributed by atoms with Crippen molar-refractivity contribution in [2.45, 2.75) is 58.6 Å². The summed E-state index contributed by atoms with van der Waals surface area (Å²) in [6.45, 7) is 10.7. The van der Waals surface area contributed by atoms with E-state index >= 15 is 0 Å². The maximum Gasteiger partial charge on any atom is 0.397 e. The van der Waals surface area contributed by atoms with Crippen molar-refractivity contribution in [1.29, 1.82) is 0 Å². The summed E-state index contributed by atoms with van der Waals surface area (Å²) in [5.74, 6) is -0.368. The van der Waals surface area contributed by atoms with Crippen molar-refractivity contribution in [2.75, 3.05) is 6.61 Å². The molecule has 0 aromatic heterocycles. The standard InChI is InChI=1S/C11H21NO2.C2H6O4S/c1-5-7-9(8-11(3,4)12)14-10(13)6-2;1-2-6-7(3,4)5/h6,9H,2,5,7-8,12H2,1,3-4H3;2H2,1H3,(H,3,4,5).